The summed E-state index contributed by atoms with van der Waals surface area (Å²) in [6, 6.07) is 2.69. The lowest BCUT2D eigenvalue weighted by Crippen LogP contribution is -2.08. The summed E-state index contributed by atoms with van der Waals surface area (Å²) in [5.74, 6) is -0.289. The molecule has 0 aliphatic rings. The highest BCUT2D eigenvalue weighted by molar-refractivity contribution is 5.26. The van der Waals surface area contributed by atoms with Crippen molar-refractivity contribution in [2.45, 2.75) is 20.3 Å². The van der Waals surface area contributed by atoms with Gasteiger partial charge in [-0.25, -0.2) is 0 Å². The largest absolute Gasteiger partial charge is 0.503 e. The van der Waals surface area contributed by atoms with E-state index in [9.17, 15) is 14.7 Å². The first-order chi connectivity index (χ1) is 9.79. The molecule has 2 N–H and O–H groups in total. The fourth-order valence-electron chi connectivity index (χ4n) is 1.79. The fourth-order valence-corrected chi connectivity index (χ4v) is 1.79. The Morgan fingerprint density at radius 2 is 1.43 bits per heavy atom. The molecule has 0 spiro atoms. The van der Waals surface area contributed by atoms with Gasteiger partial charge in [0.25, 0.3) is 0 Å². The average molecular weight is 292 g/mol. The first-order valence-electron chi connectivity index (χ1n) is 6.52. The number of hydrogen-bond acceptors (Lipinski definition) is 4. The molecule has 0 bridgehead atoms. The number of rotatable bonds is 1. The van der Waals surface area contributed by atoms with E-state index in [1.165, 1.54) is 12.1 Å². The van der Waals surface area contributed by atoms with E-state index < -0.39 is 0 Å². The van der Waals surface area contributed by atoms with Crippen LogP contribution in [0.5, 0.6) is 11.5 Å². The molecule has 0 aliphatic heterocycles. The molecule has 0 aliphatic carbocycles. The fraction of sp³-hybridized carbons (Fsp3) is 0.333. The highest BCUT2D eigenvalue weighted by atomic mass is 16.3. The minimum Gasteiger partial charge on any atom is -0.503 e. The van der Waals surface area contributed by atoms with E-state index in [2.05, 4.69) is 0 Å². The van der Waals surface area contributed by atoms with Gasteiger partial charge < -0.3 is 19.3 Å². The molecule has 21 heavy (non-hydrogen) atoms. The summed E-state index contributed by atoms with van der Waals surface area (Å²) in [5.41, 5.74) is 0.639. The van der Waals surface area contributed by atoms with E-state index in [4.69, 9.17) is 5.11 Å². The topological polar surface area (TPSA) is 84.5 Å². The van der Waals surface area contributed by atoms with Crippen LogP contribution in [-0.2, 0) is 20.5 Å². The van der Waals surface area contributed by atoms with Gasteiger partial charge in [0.15, 0.2) is 11.5 Å². The van der Waals surface area contributed by atoms with Crippen LogP contribution in [0.1, 0.15) is 18.3 Å². The monoisotopic (exact) mass is 292 g/mol. The predicted octanol–water partition coefficient (Wildman–Crippen LogP) is 1.05. The molecule has 2 aromatic rings. The molecule has 2 rings (SSSR count). The maximum absolute atomic E-state index is 10.9. The number of pyridine rings is 2. The Morgan fingerprint density at radius 1 is 0.952 bits per heavy atom. The standard InChI is InChI=1S/C8H11NO2.C7H9NO2/c1-3-6-8(11)7(10)4-5-9(6)2;1-5-7(10)6(9)3-4-8(5)2/h4-5,11H,3H2,1-2H3;3-4,10H,1-2H3. The van der Waals surface area contributed by atoms with Crippen LogP contribution in [0, 0.1) is 6.92 Å². The Balaban J connectivity index is 0.000000211. The zero-order chi connectivity index (χ0) is 16.2. The van der Waals surface area contributed by atoms with E-state index in [-0.39, 0.29) is 22.4 Å². The van der Waals surface area contributed by atoms with Crippen molar-refractivity contribution >= 4 is 0 Å². The third kappa shape index (κ3) is 3.75. The summed E-state index contributed by atoms with van der Waals surface area (Å²) >= 11 is 0. The maximum Gasteiger partial charge on any atom is 0.223 e. The van der Waals surface area contributed by atoms with Crippen LogP contribution in [0.3, 0.4) is 0 Å². The Hall–Kier alpha value is -2.50. The van der Waals surface area contributed by atoms with Gasteiger partial charge in [0.2, 0.25) is 10.9 Å². The van der Waals surface area contributed by atoms with Gasteiger partial charge in [0.05, 0.1) is 11.4 Å². The van der Waals surface area contributed by atoms with Crippen molar-refractivity contribution in [3.05, 3.63) is 56.4 Å². The summed E-state index contributed by atoms with van der Waals surface area (Å²) in [5, 5.41) is 18.3. The summed E-state index contributed by atoms with van der Waals surface area (Å²) in [4.78, 5) is 21.6. The van der Waals surface area contributed by atoms with E-state index >= 15 is 0 Å². The van der Waals surface area contributed by atoms with Crippen LogP contribution in [0.4, 0.5) is 0 Å². The Bertz CT molecular complexity index is 744. The average Bonchev–Trinajstić information content (AvgIpc) is 2.46. The second-order valence-electron chi connectivity index (χ2n) is 4.66. The first kappa shape index (κ1) is 16.6. The second kappa shape index (κ2) is 6.78. The zero-order valence-corrected chi connectivity index (χ0v) is 12.6. The van der Waals surface area contributed by atoms with E-state index in [1.807, 2.05) is 6.92 Å². The van der Waals surface area contributed by atoms with Crippen LogP contribution in [0.2, 0.25) is 0 Å². The van der Waals surface area contributed by atoms with Crippen LogP contribution in [0.25, 0.3) is 0 Å². The van der Waals surface area contributed by atoms with Crippen molar-refractivity contribution in [3.8, 4) is 11.5 Å². The molecule has 0 saturated heterocycles. The smallest absolute Gasteiger partial charge is 0.223 e. The van der Waals surface area contributed by atoms with Gasteiger partial charge in [-0.3, -0.25) is 9.59 Å². The molecule has 0 unspecified atom stereocenters. The minimum absolute atomic E-state index is 0.127. The molecule has 6 heteroatoms. The lowest BCUT2D eigenvalue weighted by Gasteiger charge is -2.06. The van der Waals surface area contributed by atoms with Gasteiger partial charge >= 0.3 is 0 Å². The number of aryl methyl sites for hydroxylation is 2. The summed E-state index contributed by atoms with van der Waals surface area (Å²) in [6.07, 6.45) is 3.94. The van der Waals surface area contributed by atoms with E-state index in [0.29, 0.717) is 17.8 Å². The Kier molecular flexibility index (Phi) is 5.35. The highest BCUT2D eigenvalue weighted by Gasteiger charge is 2.04. The van der Waals surface area contributed by atoms with Gasteiger partial charge in [0.1, 0.15) is 0 Å². The van der Waals surface area contributed by atoms with Crippen LogP contribution in [-0.4, -0.2) is 19.3 Å². The number of nitrogens with zero attached hydrogens (tertiary/aromatic N) is 2. The van der Waals surface area contributed by atoms with Crippen LogP contribution >= 0.6 is 0 Å². The van der Waals surface area contributed by atoms with Crippen LogP contribution < -0.4 is 10.9 Å². The van der Waals surface area contributed by atoms with Crippen molar-refractivity contribution in [2.75, 3.05) is 0 Å². The van der Waals surface area contributed by atoms with Crippen LogP contribution in [0.15, 0.2) is 34.1 Å². The number of aromatic hydroxyl groups is 2. The zero-order valence-electron chi connectivity index (χ0n) is 12.6. The summed E-state index contributed by atoms with van der Waals surface area (Å²) in [7, 11) is 3.58. The molecule has 0 saturated carbocycles. The maximum atomic E-state index is 10.9. The molecular weight excluding hydrogens is 272 g/mol. The van der Waals surface area contributed by atoms with Crippen molar-refractivity contribution in [3.63, 3.8) is 0 Å². The molecule has 2 aromatic heterocycles. The minimum atomic E-state index is -0.324. The quantitative estimate of drug-likeness (QED) is 0.823. The lowest BCUT2D eigenvalue weighted by atomic mass is 10.2. The molecule has 6 nitrogen and oxygen atoms in total. The molecule has 114 valence electrons. The number of aromatic nitrogens is 2. The summed E-state index contributed by atoms with van der Waals surface area (Å²) < 4.78 is 3.44. The van der Waals surface area contributed by atoms with Crippen molar-refractivity contribution in [1.82, 2.24) is 9.13 Å². The first-order valence-corrected chi connectivity index (χ1v) is 6.52. The third-order valence-electron chi connectivity index (χ3n) is 3.27. The molecule has 0 fully saturated rings. The SMILES string of the molecule is CCc1c(O)c(=O)ccn1C.Cc1c(O)c(=O)ccn1C. The molecular formula is C15H20N2O4. The van der Waals surface area contributed by atoms with Gasteiger partial charge in [-0.05, 0) is 13.3 Å². The molecule has 0 amide bonds. The molecule has 2 heterocycles. The highest BCUT2D eigenvalue weighted by Crippen LogP contribution is 2.09. The van der Waals surface area contributed by atoms with E-state index in [0.717, 1.165) is 0 Å². The number of hydrogen-bond donors (Lipinski definition) is 2. The van der Waals surface area contributed by atoms with E-state index in [1.54, 1.807) is 42.5 Å². The molecule has 0 radical (unpaired) electrons. The normalized spacial score (nSPS) is 9.90. The van der Waals surface area contributed by atoms with Gasteiger partial charge in [0, 0.05) is 38.6 Å². The van der Waals surface area contributed by atoms with Crippen molar-refractivity contribution in [2.24, 2.45) is 14.1 Å². The third-order valence-corrected chi connectivity index (χ3v) is 3.27. The van der Waals surface area contributed by atoms with Crippen molar-refractivity contribution in [1.29, 1.82) is 0 Å². The van der Waals surface area contributed by atoms with Gasteiger partial charge in [-0.2, -0.15) is 0 Å². The molecule has 0 atom stereocenters. The lowest BCUT2D eigenvalue weighted by molar-refractivity contribution is 0.453. The second-order valence-corrected chi connectivity index (χ2v) is 4.66. The van der Waals surface area contributed by atoms with Crippen molar-refractivity contribution < 1.29 is 10.2 Å². The van der Waals surface area contributed by atoms with Gasteiger partial charge in [-0.1, -0.05) is 6.92 Å². The summed E-state index contributed by atoms with van der Waals surface area (Å²) in [6.45, 7) is 3.59. The molecule has 0 aromatic carbocycles. The van der Waals surface area contributed by atoms with Gasteiger partial charge in [-0.15, -0.1) is 0 Å². The predicted molar refractivity (Wildman–Crippen MR) is 80.8 cm³/mol. The Morgan fingerprint density at radius 3 is 1.86 bits per heavy atom. The Labute approximate surface area is 122 Å².